The molecule has 0 aliphatic carbocycles. The van der Waals surface area contributed by atoms with Crippen LogP contribution in [0.2, 0.25) is 0 Å². The first-order valence-corrected chi connectivity index (χ1v) is 7.01. The lowest BCUT2D eigenvalue weighted by Gasteiger charge is -2.12. The van der Waals surface area contributed by atoms with E-state index in [4.69, 9.17) is 0 Å². The molecule has 0 unspecified atom stereocenters. The lowest BCUT2D eigenvalue weighted by Crippen LogP contribution is -2.12. The van der Waals surface area contributed by atoms with Gasteiger partial charge in [0.15, 0.2) is 5.43 Å². The zero-order valence-corrected chi connectivity index (χ0v) is 11.9. The number of rotatable bonds is 3. The fourth-order valence-corrected chi connectivity index (χ4v) is 2.63. The summed E-state index contributed by atoms with van der Waals surface area (Å²) in [6, 6.07) is 16.6. The number of aryl methyl sites for hydroxylation is 3. The van der Waals surface area contributed by atoms with E-state index in [0.717, 1.165) is 35.0 Å². The molecular weight excluding hydrogens is 262 g/mol. The van der Waals surface area contributed by atoms with Crippen molar-refractivity contribution in [1.82, 2.24) is 4.57 Å². The number of para-hydroxylation sites is 1. The van der Waals surface area contributed by atoms with E-state index in [1.165, 1.54) is 0 Å². The van der Waals surface area contributed by atoms with E-state index in [1.807, 2.05) is 43.4 Å². The number of nitrogens with zero attached hydrogens (tertiary/aromatic N) is 1. The van der Waals surface area contributed by atoms with Crippen molar-refractivity contribution >= 4 is 10.9 Å². The standard InChI is InChI=1S/C18H17NO2/c1-19-14(9-6-13-7-10-15(20)11-8-13)12-18(21)16-4-2-3-5-17(16)19/h2-5,7-8,10-12,20H,6,9H2,1H3. The van der Waals surface area contributed by atoms with Crippen molar-refractivity contribution in [2.45, 2.75) is 12.8 Å². The normalized spacial score (nSPS) is 10.9. The highest BCUT2D eigenvalue weighted by molar-refractivity contribution is 5.79. The molecule has 0 spiro atoms. The average molecular weight is 279 g/mol. The summed E-state index contributed by atoms with van der Waals surface area (Å²) >= 11 is 0. The molecule has 0 radical (unpaired) electrons. The maximum atomic E-state index is 12.2. The highest BCUT2D eigenvalue weighted by Gasteiger charge is 2.06. The average Bonchev–Trinajstić information content (AvgIpc) is 2.51. The number of benzene rings is 2. The van der Waals surface area contributed by atoms with E-state index in [9.17, 15) is 9.90 Å². The number of hydrogen-bond donors (Lipinski definition) is 1. The van der Waals surface area contributed by atoms with Crippen molar-refractivity contribution in [3.63, 3.8) is 0 Å². The molecule has 3 rings (SSSR count). The topological polar surface area (TPSA) is 42.2 Å². The van der Waals surface area contributed by atoms with Crippen molar-refractivity contribution in [2.75, 3.05) is 0 Å². The van der Waals surface area contributed by atoms with Gasteiger partial charge < -0.3 is 9.67 Å². The van der Waals surface area contributed by atoms with E-state index in [2.05, 4.69) is 4.57 Å². The SMILES string of the molecule is Cn1c(CCc2ccc(O)cc2)cc(=O)c2ccccc21. The minimum Gasteiger partial charge on any atom is -0.508 e. The minimum absolute atomic E-state index is 0.0735. The van der Waals surface area contributed by atoms with Gasteiger partial charge in [0.2, 0.25) is 0 Å². The highest BCUT2D eigenvalue weighted by atomic mass is 16.3. The molecule has 0 saturated carbocycles. The quantitative estimate of drug-likeness (QED) is 0.800. The first kappa shape index (κ1) is 13.4. The van der Waals surface area contributed by atoms with Crippen LogP contribution in [0, 0.1) is 0 Å². The van der Waals surface area contributed by atoms with Crippen molar-refractivity contribution < 1.29 is 5.11 Å². The third kappa shape index (κ3) is 2.68. The Bertz CT molecular complexity index is 832. The largest absolute Gasteiger partial charge is 0.508 e. The lowest BCUT2D eigenvalue weighted by atomic mass is 10.1. The molecule has 1 aromatic heterocycles. The van der Waals surface area contributed by atoms with Crippen LogP contribution in [-0.2, 0) is 19.9 Å². The third-order valence-corrected chi connectivity index (χ3v) is 3.87. The second kappa shape index (κ2) is 5.44. The van der Waals surface area contributed by atoms with E-state index >= 15 is 0 Å². The van der Waals surface area contributed by atoms with Gasteiger partial charge in [0, 0.05) is 24.2 Å². The summed E-state index contributed by atoms with van der Waals surface area (Å²) in [7, 11) is 1.99. The van der Waals surface area contributed by atoms with Gasteiger partial charge in [-0.2, -0.15) is 0 Å². The Morgan fingerprint density at radius 1 is 1.00 bits per heavy atom. The van der Waals surface area contributed by atoms with Crippen LogP contribution in [0.5, 0.6) is 5.75 Å². The molecule has 0 atom stereocenters. The zero-order chi connectivity index (χ0) is 14.8. The molecule has 0 aliphatic heterocycles. The Morgan fingerprint density at radius 3 is 2.48 bits per heavy atom. The fraction of sp³-hybridized carbons (Fsp3) is 0.167. The molecule has 106 valence electrons. The summed E-state index contributed by atoms with van der Waals surface area (Å²) in [6.07, 6.45) is 1.63. The van der Waals surface area contributed by atoms with Crippen LogP contribution in [0.15, 0.2) is 59.4 Å². The van der Waals surface area contributed by atoms with Crippen LogP contribution in [0.1, 0.15) is 11.3 Å². The maximum absolute atomic E-state index is 12.2. The van der Waals surface area contributed by atoms with Gasteiger partial charge in [-0.05, 0) is 42.7 Å². The second-order valence-corrected chi connectivity index (χ2v) is 5.24. The number of phenolic OH excluding ortho intramolecular Hbond substituents is 1. The monoisotopic (exact) mass is 279 g/mol. The van der Waals surface area contributed by atoms with Crippen LogP contribution < -0.4 is 5.43 Å². The molecule has 3 aromatic rings. The van der Waals surface area contributed by atoms with Crippen LogP contribution in [-0.4, -0.2) is 9.67 Å². The number of aromatic hydroxyl groups is 1. The van der Waals surface area contributed by atoms with Gasteiger partial charge in [0.05, 0.1) is 5.52 Å². The van der Waals surface area contributed by atoms with Gasteiger partial charge in [-0.1, -0.05) is 24.3 Å². The molecule has 21 heavy (non-hydrogen) atoms. The van der Waals surface area contributed by atoms with Gasteiger partial charge in [0.1, 0.15) is 5.75 Å². The van der Waals surface area contributed by atoms with Gasteiger partial charge in [-0.3, -0.25) is 4.79 Å². The van der Waals surface area contributed by atoms with Crippen molar-refractivity contribution in [3.05, 3.63) is 76.1 Å². The zero-order valence-electron chi connectivity index (χ0n) is 11.9. The summed E-state index contributed by atoms with van der Waals surface area (Å²) in [4.78, 5) is 12.2. The van der Waals surface area contributed by atoms with E-state index in [1.54, 1.807) is 18.2 Å². The Morgan fingerprint density at radius 2 is 1.71 bits per heavy atom. The molecule has 1 N–H and O–H groups in total. The molecule has 0 saturated heterocycles. The van der Waals surface area contributed by atoms with Gasteiger partial charge in [-0.25, -0.2) is 0 Å². The highest BCUT2D eigenvalue weighted by Crippen LogP contribution is 2.15. The predicted octanol–water partition coefficient (Wildman–Crippen LogP) is 3.03. The summed E-state index contributed by atoms with van der Waals surface area (Å²) in [6.45, 7) is 0. The first-order valence-electron chi connectivity index (χ1n) is 7.01. The Hall–Kier alpha value is -2.55. The van der Waals surface area contributed by atoms with E-state index in [0.29, 0.717) is 0 Å². The third-order valence-electron chi connectivity index (χ3n) is 3.87. The summed E-state index contributed by atoms with van der Waals surface area (Å²) in [5.41, 5.74) is 3.20. The first-order chi connectivity index (χ1) is 10.1. The lowest BCUT2D eigenvalue weighted by molar-refractivity contribution is 0.475. The van der Waals surface area contributed by atoms with Gasteiger partial charge >= 0.3 is 0 Å². The number of aromatic nitrogens is 1. The van der Waals surface area contributed by atoms with Crippen LogP contribution >= 0.6 is 0 Å². The van der Waals surface area contributed by atoms with Crippen LogP contribution in [0.3, 0.4) is 0 Å². The van der Waals surface area contributed by atoms with E-state index in [-0.39, 0.29) is 11.2 Å². The number of hydrogen-bond acceptors (Lipinski definition) is 2. The predicted molar refractivity (Wildman–Crippen MR) is 84.7 cm³/mol. The van der Waals surface area contributed by atoms with Crippen molar-refractivity contribution in [1.29, 1.82) is 0 Å². The molecule has 0 fully saturated rings. The molecule has 2 aromatic carbocycles. The van der Waals surface area contributed by atoms with Crippen molar-refractivity contribution in [3.8, 4) is 5.75 Å². The Kier molecular flexibility index (Phi) is 3.48. The summed E-state index contributed by atoms with van der Waals surface area (Å²) in [5.74, 6) is 0.275. The smallest absolute Gasteiger partial charge is 0.189 e. The molecule has 0 aliphatic rings. The van der Waals surface area contributed by atoms with Crippen molar-refractivity contribution in [2.24, 2.45) is 7.05 Å². The number of phenols is 1. The second-order valence-electron chi connectivity index (χ2n) is 5.24. The van der Waals surface area contributed by atoms with Crippen LogP contribution in [0.25, 0.3) is 10.9 Å². The summed E-state index contributed by atoms with van der Waals surface area (Å²) in [5, 5.41) is 10.1. The molecule has 0 amide bonds. The molecule has 0 bridgehead atoms. The molecule has 3 heteroatoms. The molecule has 1 heterocycles. The molecule has 3 nitrogen and oxygen atoms in total. The van der Waals surface area contributed by atoms with Gasteiger partial charge in [-0.15, -0.1) is 0 Å². The van der Waals surface area contributed by atoms with Crippen LogP contribution in [0.4, 0.5) is 0 Å². The minimum atomic E-state index is 0.0735. The Labute approximate surface area is 123 Å². The Balaban J connectivity index is 1.92. The molecular formula is C18H17NO2. The fourth-order valence-electron chi connectivity index (χ4n) is 2.63. The number of fused-ring (bicyclic) bond motifs is 1. The maximum Gasteiger partial charge on any atom is 0.189 e. The van der Waals surface area contributed by atoms with Gasteiger partial charge in [0.25, 0.3) is 0 Å². The number of pyridine rings is 1. The van der Waals surface area contributed by atoms with E-state index < -0.39 is 0 Å². The summed E-state index contributed by atoms with van der Waals surface area (Å²) < 4.78 is 2.08.